The molecule has 0 saturated carbocycles. The van der Waals surface area contributed by atoms with E-state index < -0.39 is 0 Å². The molecule has 0 saturated heterocycles. The van der Waals surface area contributed by atoms with Crippen LogP contribution in [0, 0.1) is 5.92 Å². The third-order valence-corrected chi connectivity index (χ3v) is 8.08. The molecule has 2 aliphatic rings. The van der Waals surface area contributed by atoms with Gasteiger partial charge in [-0.05, 0) is 58.0 Å². The molecule has 3 nitrogen and oxygen atoms in total. The molecular weight excluding hydrogens is 486 g/mol. The van der Waals surface area contributed by atoms with Crippen LogP contribution >= 0.6 is 0 Å². The quantitative estimate of drug-likeness (QED) is 0.252. The predicted octanol–water partition coefficient (Wildman–Crippen LogP) is 7.18. The van der Waals surface area contributed by atoms with E-state index in [1.165, 1.54) is 38.3 Å². The molecule has 3 heterocycles. The summed E-state index contributed by atoms with van der Waals surface area (Å²) in [5.74, 6) is 0.145. The Balaban J connectivity index is 1.35. The highest BCUT2D eigenvalue weighted by Gasteiger charge is 2.32. The van der Waals surface area contributed by atoms with Gasteiger partial charge in [0.15, 0.2) is 0 Å². The average Bonchev–Trinajstić information content (AvgIpc) is 3.04. The van der Waals surface area contributed by atoms with E-state index >= 15 is 0 Å². The summed E-state index contributed by atoms with van der Waals surface area (Å²) in [4.78, 5) is 14.9. The van der Waals surface area contributed by atoms with Gasteiger partial charge in [-0.15, -0.1) is 0 Å². The van der Waals surface area contributed by atoms with Crippen LogP contribution in [-0.4, -0.2) is 9.97 Å². The lowest BCUT2D eigenvalue weighted by molar-refractivity contribution is 0.600. The van der Waals surface area contributed by atoms with Crippen LogP contribution in [0.15, 0.2) is 139 Å². The molecule has 2 unspecified atom stereocenters. The fraction of sp³-hybridized carbons (Fsp3) is 0.0541. The van der Waals surface area contributed by atoms with E-state index in [-0.39, 0.29) is 12.0 Å². The summed E-state index contributed by atoms with van der Waals surface area (Å²) in [6.45, 7) is 0. The van der Waals surface area contributed by atoms with Crippen molar-refractivity contribution in [1.82, 2.24) is 9.97 Å². The lowest BCUT2D eigenvalue weighted by Crippen LogP contribution is -2.37. The molecule has 6 aromatic rings. The van der Waals surface area contributed by atoms with Crippen LogP contribution in [-0.2, 0) is 0 Å². The first-order valence-corrected chi connectivity index (χ1v) is 13.7. The molecule has 0 fully saturated rings. The SMILES string of the molecule is C1=CC2C(c3cccc(-c4cccc(-c5ccccn5)n4)c3)=c3ccc4ccccc4c3=NC2c2ccccc21. The van der Waals surface area contributed by atoms with Gasteiger partial charge >= 0.3 is 0 Å². The highest BCUT2D eigenvalue weighted by molar-refractivity contribution is 5.85. The van der Waals surface area contributed by atoms with Crippen molar-refractivity contribution in [3.8, 4) is 22.6 Å². The Morgan fingerprint density at radius 1 is 0.600 bits per heavy atom. The summed E-state index contributed by atoms with van der Waals surface area (Å²) < 4.78 is 0. The van der Waals surface area contributed by atoms with Crippen molar-refractivity contribution in [2.24, 2.45) is 10.9 Å². The topological polar surface area (TPSA) is 38.1 Å². The van der Waals surface area contributed by atoms with Crippen LogP contribution in [0.25, 0.3) is 45.1 Å². The normalized spacial score (nSPS) is 17.1. The van der Waals surface area contributed by atoms with Crippen molar-refractivity contribution in [1.29, 1.82) is 0 Å². The van der Waals surface area contributed by atoms with Gasteiger partial charge in [0.25, 0.3) is 0 Å². The Kier molecular flexibility index (Phi) is 5.27. The number of hydrogen-bond donors (Lipinski definition) is 0. The molecule has 2 atom stereocenters. The predicted molar refractivity (Wildman–Crippen MR) is 162 cm³/mol. The molecule has 1 aliphatic carbocycles. The fourth-order valence-corrected chi connectivity index (χ4v) is 6.22. The molecule has 0 bridgehead atoms. The Morgan fingerprint density at radius 3 is 2.35 bits per heavy atom. The fourth-order valence-electron chi connectivity index (χ4n) is 6.22. The van der Waals surface area contributed by atoms with Crippen LogP contribution < -0.4 is 10.6 Å². The minimum atomic E-state index is 0.0313. The second-order valence-electron chi connectivity index (χ2n) is 10.4. The summed E-state index contributed by atoms with van der Waals surface area (Å²) >= 11 is 0. The Labute approximate surface area is 232 Å². The monoisotopic (exact) mass is 511 g/mol. The lowest BCUT2D eigenvalue weighted by Gasteiger charge is -2.32. The second-order valence-corrected chi connectivity index (χ2v) is 10.4. The van der Waals surface area contributed by atoms with Gasteiger partial charge in [0, 0.05) is 28.3 Å². The third kappa shape index (κ3) is 3.70. The first-order chi connectivity index (χ1) is 19.8. The van der Waals surface area contributed by atoms with Gasteiger partial charge in [-0.3, -0.25) is 9.98 Å². The number of aromatic nitrogens is 2. The molecule has 0 spiro atoms. The highest BCUT2D eigenvalue weighted by atomic mass is 14.8. The molecule has 0 amide bonds. The third-order valence-electron chi connectivity index (χ3n) is 8.08. The summed E-state index contributed by atoms with van der Waals surface area (Å²) in [6, 6.07) is 42.6. The molecule has 3 heteroatoms. The van der Waals surface area contributed by atoms with Crippen LogP contribution in [0.2, 0.25) is 0 Å². The van der Waals surface area contributed by atoms with Gasteiger partial charge in [0.2, 0.25) is 0 Å². The number of fused-ring (bicyclic) bond motifs is 6. The number of benzene rings is 4. The number of hydrogen-bond acceptors (Lipinski definition) is 3. The Bertz CT molecular complexity index is 2080. The first kappa shape index (κ1) is 22.8. The van der Waals surface area contributed by atoms with E-state index in [9.17, 15) is 0 Å². The molecule has 1 aliphatic heterocycles. The van der Waals surface area contributed by atoms with Gasteiger partial charge < -0.3 is 0 Å². The summed E-state index contributed by atoms with van der Waals surface area (Å²) in [5.41, 5.74) is 8.82. The number of nitrogens with zero attached hydrogens (tertiary/aromatic N) is 3. The van der Waals surface area contributed by atoms with Crippen LogP contribution in [0.1, 0.15) is 22.7 Å². The molecular formula is C37H25N3. The van der Waals surface area contributed by atoms with Gasteiger partial charge in [0.1, 0.15) is 0 Å². The summed E-state index contributed by atoms with van der Waals surface area (Å²) in [7, 11) is 0. The molecule has 8 rings (SSSR count). The van der Waals surface area contributed by atoms with E-state index in [4.69, 9.17) is 9.98 Å². The zero-order chi connectivity index (χ0) is 26.5. The maximum absolute atomic E-state index is 5.45. The molecule has 40 heavy (non-hydrogen) atoms. The van der Waals surface area contributed by atoms with Crippen molar-refractivity contribution < 1.29 is 0 Å². The number of rotatable bonds is 3. The molecule has 0 radical (unpaired) electrons. The smallest absolute Gasteiger partial charge is 0.0893 e. The van der Waals surface area contributed by atoms with E-state index in [0.29, 0.717) is 0 Å². The van der Waals surface area contributed by atoms with Crippen molar-refractivity contribution in [3.05, 3.63) is 161 Å². The Hall–Kier alpha value is -5.15. The van der Waals surface area contributed by atoms with E-state index in [1.54, 1.807) is 0 Å². The zero-order valence-corrected chi connectivity index (χ0v) is 21.8. The minimum absolute atomic E-state index is 0.0313. The van der Waals surface area contributed by atoms with Crippen LogP contribution in [0.4, 0.5) is 0 Å². The van der Waals surface area contributed by atoms with Crippen molar-refractivity contribution in [2.75, 3.05) is 0 Å². The number of pyridine rings is 2. The van der Waals surface area contributed by atoms with Crippen molar-refractivity contribution >= 4 is 22.4 Å². The largest absolute Gasteiger partial charge is 0.275 e. The van der Waals surface area contributed by atoms with Gasteiger partial charge in [-0.25, -0.2) is 4.98 Å². The standard InChI is InChI=1S/C37H25N3/c1-3-13-28-24(9-1)18-20-30-35(31-21-19-25-10-2-4-14-29(25)37(31)40-36(28)30)27-12-7-11-26(23-27)32-16-8-17-34(39-32)33-15-5-6-22-38-33/h1-23,30,36H. The van der Waals surface area contributed by atoms with Gasteiger partial charge in [0.05, 0.1) is 28.5 Å². The molecule has 2 aromatic heterocycles. The van der Waals surface area contributed by atoms with Crippen molar-refractivity contribution in [2.45, 2.75) is 6.04 Å². The van der Waals surface area contributed by atoms with Gasteiger partial charge in [-0.1, -0.05) is 103 Å². The maximum atomic E-state index is 5.45. The first-order valence-electron chi connectivity index (χ1n) is 13.7. The average molecular weight is 512 g/mol. The maximum Gasteiger partial charge on any atom is 0.0893 e. The second kappa shape index (κ2) is 9.25. The molecule has 0 N–H and O–H groups in total. The van der Waals surface area contributed by atoms with E-state index in [2.05, 4.69) is 114 Å². The minimum Gasteiger partial charge on any atom is -0.275 e. The van der Waals surface area contributed by atoms with Gasteiger partial charge in [-0.2, -0.15) is 0 Å². The van der Waals surface area contributed by atoms with E-state index in [1.807, 2.05) is 30.5 Å². The summed E-state index contributed by atoms with van der Waals surface area (Å²) in [5, 5.41) is 4.70. The zero-order valence-electron chi connectivity index (χ0n) is 21.8. The van der Waals surface area contributed by atoms with Crippen molar-refractivity contribution in [3.63, 3.8) is 0 Å². The Morgan fingerprint density at radius 2 is 1.40 bits per heavy atom. The van der Waals surface area contributed by atoms with Crippen LogP contribution in [0.5, 0.6) is 0 Å². The summed E-state index contributed by atoms with van der Waals surface area (Å²) in [6.07, 6.45) is 6.42. The van der Waals surface area contributed by atoms with E-state index in [0.717, 1.165) is 28.0 Å². The lowest BCUT2D eigenvalue weighted by atomic mass is 9.76. The molecule has 188 valence electrons. The highest BCUT2D eigenvalue weighted by Crippen LogP contribution is 2.42. The molecule has 4 aromatic carbocycles. The van der Waals surface area contributed by atoms with Crippen LogP contribution in [0.3, 0.4) is 0 Å².